The first kappa shape index (κ1) is 20.5. The van der Waals surface area contributed by atoms with Crippen molar-refractivity contribution in [1.82, 2.24) is 0 Å². The second-order valence-electron chi connectivity index (χ2n) is 2.01. The van der Waals surface area contributed by atoms with Crippen molar-refractivity contribution in [1.29, 1.82) is 0 Å². The molecule has 0 rings (SSSR count). The molecule has 0 atom stereocenters. The van der Waals surface area contributed by atoms with Gasteiger partial charge in [-0.15, -0.1) is 0 Å². The number of aliphatic hydroxyl groups is 1. The summed E-state index contributed by atoms with van der Waals surface area (Å²) in [5, 5.41) is 15.5. The summed E-state index contributed by atoms with van der Waals surface area (Å²) in [4.78, 5) is 9.62. The topological polar surface area (TPSA) is 57.5 Å². The minimum atomic E-state index is -6.31. The van der Waals surface area contributed by atoms with E-state index in [1.807, 2.05) is 0 Å². The van der Waals surface area contributed by atoms with E-state index >= 15 is 0 Å². The normalized spacial score (nSPS) is 12.5. The summed E-state index contributed by atoms with van der Waals surface area (Å²) in [6, 6.07) is 0. The van der Waals surface area contributed by atoms with Crippen LogP contribution < -0.4 is 0 Å². The summed E-state index contributed by atoms with van der Waals surface area (Å²) >= 11 is 0. The first-order valence-electron chi connectivity index (χ1n) is 2.54. The van der Waals surface area contributed by atoms with Gasteiger partial charge in [0.25, 0.3) is 0 Å². The number of hydrogen-bond donors (Lipinski definition) is 2. The molecule has 1 radical (unpaired) electrons. The number of carboxylic acids is 1. The molecule has 0 aromatic carbocycles. The van der Waals surface area contributed by atoms with Gasteiger partial charge in [-0.1, -0.05) is 0 Å². The second kappa shape index (κ2) is 5.44. The van der Waals surface area contributed by atoms with Crippen LogP contribution in [0.3, 0.4) is 0 Å². The van der Waals surface area contributed by atoms with Gasteiger partial charge in [-0.05, 0) is 0 Å². The van der Waals surface area contributed by atoms with Crippen molar-refractivity contribution in [2.24, 2.45) is 0 Å². The molecule has 3 nitrogen and oxygen atoms in total. The Bertz CT molecular complexity index is 208. The Morgan fingerprint density at radius 3 is 1.13 bits per heavy atom. The van der Waals surface area contributed by atoms with Crippen LogP contribution in [0.15, 0.2) is 0 Å². The number of alkyl halides is 6. The van der Waals surface area contributed by atoms with Crippen LogP contribution >= 0.6 is 0 Å². The van der Waals surface area contributed by atoms with E-state index in [4.69, 9.17) is 10.2 Å². The average Bonchev–Trinajstić information content (AvgIpc) is 1.80. The molecular formula is C5H5F6O3Y-. The number of rotatable bonds is 1. The molecule has 15 heavy (non-hydrogen) atoms. The Morgan fingerprint density at radius 2 is 1.13 bits per heavy atom. The number of halogens is 6. The molecule has 0 aliphatic rings. The average molecular weight is 316 g/mol. The van der Waals surface area contributed by atoms with Crippen molar-refractivity contribution in [3.63, 3.8) is 0 Å². The van der Waals surface area contributed by atoms with Crippen molar-refractivity contribution in [3.8, 4) is 0 Å². The van der Waals surface area contributed by atoms with E-state index in [-0.39, 0.29) is 40.1 Å². The SMILES string of the molecule is O=C(O)C(O)(C(F)(F)F)C(F)(F)F.[CH3-].[Y]. The van der Waals surface area contributed by atoms with Crippen LogP contribution in [0, 0.1) is 7.43 Å². The monoisotopic (exact) mass is 316 g/mol. The van der Waals surface area contributed by atoms with E-state index in [1.54, 1.807) is 0 Å². The predicted molar refractivity (Wildman–Crippen MR) is 31.1 cm³/mol. The van der Waals surface area contributed by atoms with Crippen LogP contribution in [0.1, 0.15) is 0 Å². The molecule has 0 spiro atoms. The summed E-state index contributed by atoms with van der Waals surface area (Å²) < 4.78 is 69.0. The maximum Gasteiger partial charge on any atom is 0.437 e. The van der Waals surface area contributed by atoms with Crippen LogP contribution in [-0.2, 0) is 37.5 Å². The smallest absolute Gasteiger partial charge is 0.437 e. The van der Waals surface area contributed by atoms with Crippen molar-refractivity contribution in [3.05, 3.63) is 7.43 Å². The zero-order valence-electron chi connectivity index (χ0n) is 7.15. The standard InChI is InChI=1S/C4H2F6O3.CH3.Y/c5-3(6,7)2(13,1(11)12)4(8,9)10;;/h13H,(H,11,12);1H3;/q;-1;. The van der Waals surface area contributed by atoms with Crippen molar-refractivity contribution in [2.75, 3.05) is 0 Å². The third-order valence-corrected chi connectivity index (χ3v) is 1.13. The molecule has 0 bridgehead atoms. The van der Waals surface area contributed by atoms with Gasteiger partial charge < -0.3 is 17.6 Å². The molecule has 0 aliphatic carbocycles. The zero-order chi connectivity index (χ0) is 11.1. The quantitative estimate of drug-likeness (QED) is 0.567. The number of hydrogen-bond acceptors (Lipinski definition) is 2. The van der Waals surface area contributed by atoms with Gasteiger partial charge in [0.05, 0.1) is 0 Å². The number of carboxylic acid groups (broad SMARTS) is 1. The third kappa shape index (κ3) is 3.56. The van der Waals surface area contributed by atoms with Gasteiger partial charge in [-0.2, -0.15) is 26.3 Å². The van der Waals surface area contributed by atoms with E-state index < -0.39 is 23.9 Å². The summed E-state index contributed by atoms with van der Waals surface area (Å²) in [6.07, 6.45) is -12.6. The Hall–Kier alpha value is 0.114. The molecule has 0 aromatic heterocycles. The Morgan fingerprint density at radius 1 is 0.933 bits per heavy atom. The fourth-order valence-corrected chi connectivity index (χ4v) is 0.403. The van der Waals surface area contributed by atoms with Crippen LogP contribution in [0.25, 0.3) is 0 Å². The number of aliphatic carboxylic acids is 1. The van der Waals surface area contributed by atoms with E-state index in [1.165, 1.54) is 0 Å². The zero-order valence-corrected chi connectivity index (χ0v) is 9.99. The van der Waals surface area contributed by atoms with Gasteiger partial charge in [0.15, 0.2) is 0 Å². The summed E-state index contributed by atoms with van der Waals surface area (Å²) in [7, 11) is 0. The van der Waals surface area contributed by atoms with Crippen LogP contribution in [-0.4, -0.2) is 34.1 Å². The van der Waals surface area contributed by atoms with E-state index in [0.29, 0.717) is 0 Å². The second-order valence-corrected chi connectivity index (χ2v) is 2.01. The molecule has 89 valence electrons. The summed E-state index contributed by atoms with van der Waals surface area (Å²) in [5.41, 5.74) is -5.71. The van der Waals surface area contributed by atoms with Gasteiger partial charge in [0, 0.05) is 32.7 Å². The molecule has 0 amide bonds. The molecule has 0 heterocycles. The first-order valence-corrected chi connectivity index (χ1v) is 2.54. The molecule has 0 saturated heterocycles. The van der Waals surface area contributed by atoms with Crippen LogP contribution in [0.2, 0.25) is 0 Å². The minimum Gasteiger partial charge on any atom is -0.479 e. The van der Waals surface area contributed by atoms with E-state index in [9.17, 15) is 31.1 Å². The van der Waals surface area contributed by atoms with Gasteiger partial charge in [0.2, 0.25) is 0 Å². The van der Waals surface area contributed by atoms with Gasteiger partial charge in [-0.3, -0.25) is 0 Å². The molecule has 10 heteroatoms. The van der Waals surface area contributed by atoms with Gasteiger partial charge in [0.1, 0.15) is 0 Å². The molecule has 2 N–H and O–H groups in total. The molecule has 0 saturated carbocycles. The van der Waals surface area contributed by atoms with Gasteiger partial charge in [-0.25, -0.2) is 4.79 Å². The van der Waals surface area contributed by atoms with Crippen LogP contribution in [0.4, 0.5) is 26.3 Å². The Balaban J connectivity index is -0.000000720. The molecular weight excluding hydrogens is 311 g/mol. The maximum atomic E-state index is 11.5. The summed E-state index contributed by atoms with van der Waals surface area (Å²) in [5.74, 6) is -3.41. The molecule has 0 aliphatic heterocycles. The van der Waals surface area contributed by atoms with E-state index in [0.717, 1.165) is 0 Å². The Labute approximate surface area is 105 Å². The van der Waals surface area contributed by atoms with E-state index in [2.05, 4.69) is 0 Å². The van der Waals surface area contributed by atoms with Crippen molar-refractivity contribution >= 4 is 5.97 Å². The largest absolute Gasteiger partial charge is 0.479 e. The molecule has 0 aromatic rings. The fraction of sp³-hybridized carbons (Fsp3) is 0.600. The minimum absolute atomic E-state index is 0. The molecule has 0 fully saturated rings. The third-order valence-electron chi connectivity index (χ3n) is 1.13. The summed E-state index contributed by atoms with van der Waals surface area (Å²) in [6.45, 7) is 0. The molecule has 0 unspecified atom stereocenters. The first-order chi connectivity index (χ1) is 5.44. The van der Waals surface area contributed by atoms with Crippen LogP contribution in [0.5, 0.6) is 0 Å². The Kier molecular flexibility index (Phi) is 7.45. The van der Waals surface area contributed by atoms with Gasteiger partial charge >= 0.3 is 23.9 Å². The maximum absolute atomic E-state index is 11.5. The van der Waals surface area contributed by atoms with Crippen molar-refractivity contribution in [2.45, 2.75) is 18.0 Å². The fourth-order valence-electron chi connectivity index (χ4n) is 0.403. The predicted octanol–water partition coefficient (Wildman–Crippen LogP) is 1.37. The number of carbonyl (C=O) groups is 1. The van der Waals surface area contributed by atoms with Crippen molar-refractivity contribution < 1.29 is 74.1 Å².